The van der Waals surface area contributed by atoms with Crippen LogP contribution in [0.4, 0.5) is 0 Å². The lowest BCUT2D eigenvalue weighted by Gasteiger charge is -2.26. The summed E-state index contributed by atoms with van der Waals surface area (Å²) in [4.78, 5) is 14.5. The Morgan fingerprint density at radius 3 is 2.52 bits per heavy atom. The summed E-state index contributed by atoms with van der Waals surface area (Å²) in [6, 6.07) is 0. The molecule has 0 bridgehead atoms. The summed E-state index contributed by atoms with van der Waals surface area (Å²) in [5.74, 6) is 1.01. The van der Waals surface area contributed by atoms with Crippen LogP contribution in [0, 0.1) is 11.8 Å². The zero-order valence-electron chi connectivity index (χ0n) is 15.1. The van der Waals surface area contributed by atoms with E-state index >= 15 is 0 Å². The Kier molecular flexibility index (Phi) is 5.79. The molecule has 1 aliphatic heterocycles. The van der Waals surface area contributed by atoms with Gasteiger partial charge >= 0.3 is 0 Å². The molecule has 1 fully saturated rings. The number of carbonyl (C=O) groups excluding carboxylic acids is 1. The zero-order chi connectivity index (χ0) is 17.0. The highest BCUT2D eigenvalue weighted by atomic mass is 16.5. The third-order valence-corrected chi connectivity index (χ3v) is 4.12. The SMILES string of the molecule is CC(C)CN(CC(C)C)C(=O)Cn1cc(C2(C)CCCO2)nn1. The van der Waals surface area contributed by atoms with Crippen molar-refractivity contribution in [1.82, 2.24) is 19.9 Å². The molecule has 1 aliphatic rings. The van der Waals surface area contributed by atoms with E-state index in [0.717, 1.165) is 38.2 Å². The van der Waals surface area contributed by atoms with Crippen molar-refractivity contribution in [3.8, 4) is 0 Å². The Bertz CT molecular complexity index is 508. The van der Waals surface area contributed by atoms with Gasteiger partial charge in [0.15, 0.2) is 0 Å². The molecule has 6 heteroatoms. The predicted octanol–water partition coefficient (Wildman–Crippen LogP) is 2.44. The smallest absolute Gasteiger partial charge is 0.244 e. The summed E-state index contributed by atoms with van der Waals surface area (Å²) in [6.45, 7) is 13.1. The van der Waals surface area contributed by atoms with Gasteiger partial charge in [-0.15, -0.1) is 5.10 Å². The molecule has 2 rings (SSSR count). The number of amides is 1. The van der Waals surface area contributed by atoms with Crippen LogP contribution in [0.3, 0.4) is 0 Å². The standard InChI is InChI=1S/C17H30N4O2/c1-13(2)9-20(10-14(3)4)16(22)12-21-11-15(18-19-21)17(5)7-6-8-23-17/h11,13-14H,6-10,12H2,1-5H3. The van der Waals surface area contributed by atoms with Crippen LogP contribution in [0.15, 0.2) is 6.20 Å². The highest BCUT2D eigenvalue weighted by Crippen LogP contribution is 2.33. The summed E-state index contributed by atoms with van der Waals surface area (Å²) >= 11 is 0. The van der Waals surface area contributed by atoms with Gasteiger partial charge in [-0.1, -0.05) is 32.9 Å². The molecule has 1 aromatic rings. The van der Waals surface area contributed by atoms with E-state index in [-0.39, 0.29) is 18.1 Å². The van der Waals surface area contributed by atoms with Gasteiger partial charge in [-0.05, 0) is 31.6 Å². The van der Waals surface area contributed by atoms with Crippen LogP contribution in [0.5, 0.6) is 0 Å². The molecule has 0 aromatic carbocycles. The van der Waals surface area contributed by atoms with Crippen LogP contribution < -0.4 is 0 Å². The quantitative estimate of drug-likeness (QED) is 0.773. The van der Waals surface area contributed by atoms with E-state index < -0.39 is 0 Å². The predicted molar refractivity (Wildman–Crippen MR) is 88.8 cm³/mol. The summed E-state index contributed by atoms with van der Waals surface area (Å²) in [7, 11) is 0. The Labute approximate surface area is 139 Å². The van der Waals surface area contributed by atoms with E-state index in [4.69, 9.17) is 4.74 Å². The van der Waals surface area contributed by atoms with Crippen molar-refractivity contribution in [3.05, 3.63) is 11.9 Å². The number of carbonyl (C=O) groups is 1. The van der Waals surface area contributed by atoms with Gasteiger partial charge in [0.2, 0.25) is 5.91 Å². The fraction of sp³-hybridized carbons (Fsp3) is 0.824. The van der Waals surface area contributed by atoms with Gasteiger partial charge in [-0.3, -0.25) is 4.79 Å². The lowest BCUT2D eigenvalue weighted by molar-refractivity contribution is -0.133. The first-order valence-corrected chi connectivity index (χ1v) is 8.62. The maximum absolute atomic E-state index is 12.6. The molecule has 0 radical (unpaired) electrons. The lowest BCUT2D eigenvalue weighted by Crippen LogP contribution is -2.39. The molecule has 1 atom stereocenters. The summed E-state index contributed by atoms with van der Waals surface area (Å²) < 4.78 is 7.42. The highest BCUT2D eigenvalue weighted by molar-refractivity contribution is 5.75. The molecule has 0 spiro atoms. The van der Waals surface area contributed by atoms with Gasteiger partial charge in [0.25, 0.3) is 0 Å². The van der Waals surface area contributed by atoms with Gasteiger partial charge in [-0.25, -0.2) is 4.68 Å². The molecule has 0 saturated carbocycles. The van der Waals surface area contributed by atoms with Gasteiger partial charge in [-0.2, -0.15) is 0 Å². The first kappa shape index (κ1) is 17.9. The number of rotatable bonds is 7. The first-order chi connectivity index (χ1) is 10.8. The van der Waals surface area contributed by atoms with Crippen LogP contribution in [-0.4, -0.2) is 45.5 Å². The Balaban J connectivity index is 2.02. The van der Waals surface area contributed by atoms with Gasteiger partial charge in [0.1, 0.15) is 17.8 Å². The highest BCUT2D eigenvalue weighted by Gasteiger charge is 2.34. The van der Waals surface area contributed by atoms with Crippen molar-refractivity contribution in [2.75, 3.05) is 19.7 Å². The summed E-state index contributed by atoms with van der Waals surface area (Å²) in [6.07, 6.45) is 3.84. The van der Waals surface area contributed by atoms with Crippen LogP contribution in [0.2, 0.25) is 0 Å². The maximum Gasteiger partial charge on any atom is 0.244 e. The minimum atomic E-state index is -0.350. The minimum absolute atomic E-state index is 0.0985. The topological polar surface area (TPSA) is 60.2 Å². The second-order valence-electron chi connectivity index (χ2n) is 7.57. The fourth-order valence-electron chi connectivity index (χ4n) is 3.00. The third kappa shape index (κ3) is 4.77. The van der Waals surface area contributed by atoms with Crippen LogP contribution in [-0.2, 0) is 21.7 Å². The van der Waals surface area contributed by atoms with Crippen LogP contribution in [0.25, 0.3) is 0 Å². The van der Waals surface area contributed by atoms with Crippen molar-refractivity contribution in [3.63, 3.8) is 0 Å². The number of hydrogen-bond donors (Lipinski definition) is 0. The van der Waals surface area contributed by atoms with E-state index in [2.05, 4.69) is 38.0 Å². The molecule has 1 aromatic heterocycles. The maximum atomic E-state index is 12.6. The van der Waals surface area contributed by atoms with Gasteiger partial charge in [0.05, 0.1) is 6.20 Å². The number of aromatic nitrogens is 3. The summed E-state index contributed by atoms with van der Waals surface area (Å²) in [5, 5.41) is 8.35. The molecule has 23 heavy (non-hydrogen) atoms. The third-order valence-electron chi connectivity index (χ3n) is 4.12. The molecule has 1 unspecified atom stereocenters. The van der Waals surface area contributed by atoms with Crippen molar-refractivity contribution in [2.24, 2.45) is 11.8 Å². The van der Waals surface area contributed by atoms with Crippen molar-refractivity contribution in [2.45, 2.75) is 59.6 Å². The van der Waals surface area contributed by atoms with E-state index in [1.54, 1.807) is 4.68 Å². The second kappa shape index (κ2) is 7.43. The fourth-order valence-corrected chi connectivity index (χ4v) is 3.00. The average Bonchev–Trinajstić information content (AvgIpc) is 3.07. The monoisotopic (exact) mass is 322 g/mol. The van der Waals surface area contributed by atoms with Crippen LogP contribution in [0.1, 0.15) is 53.2 Å². The average molecular weight is 322 g/mol. The molecular formula is C17H30N4O2. The normalized spacial score (nSPS) is 21.3. The molecule has 0 aliphatic carbocycles. The van der Waals surface area contributed by atoms with E-state index in [1.165, 1.54) is 0 Å². The van der Waals surface area contributed by atoms with Gasteiger partial charge < -0.3 is 9.64 Å². The van der Waals surface area contributed by atoms with E-state index in [1.807, 2.05) is 18.0 Å². The van der Waals surface area contributed by atoms with Crippen molar-refractivity contribution in [1.29, 1.82) is 0 Å². The minimum Gasteiger partial charge on any atom is -0.369 e. The molecule has 0 N–H and O–H groups in total. The molecular weight excluding hydrogens is 292 g/mol. The largest absolute Gasteiger partial charge is 0.369 e. The molecule has 130 valence electrons. The first-order valence-electron chi connectivity index (χ1n) is 8.62. The zero-order valence-corrected chi connectivity index (χ0v) is 15.1. The number of ether oxygens (including phenoxy) is 1. The van der Waals surface area contributed by atoms with E-state index in [0.29, 0.717) is 11.8 Å². The number of hydrogen-bond acceptors (Lipinski definition) is 4. The van der Waals surface area contributed by atoms with Crippen molar-refractivity contribution >= 4 is 5.91 Å². The molecule has 6 nitrogen and oxygen atoms in total. The molecule has 1 amide bonds. The Morgan fingerprint density at radius 1 is 1.35 bits per heavy atom. The molecule has 2 heterocycles. The summed E-state index contributed by atoms with van der Waals surface area (Å²) in [5.41, 5.74) is 0.471. The van der Waals surface area contributed by atoms with Crippen molar-refractivity contribution < 1.29 is 9.53 Å². The second-order valence-corrected chi connectivity index (χ2v) is 7.57. The Hall–Kier alpha value is -1.43. The lowest BCUT2D eigenvalue weighted by atomic mass is 10.00. The Morgan fingerprint density at radius 2 is 2.00 bits per heavy atom. The molecule has 1 saturated heterocycles. The van der Waals surface area contributed by atoms with E-state index in [9.17, 15) is 4.79 Å². The van der Waals surface area contributed by atoms with Crippen LogP contribution >= 0.6 is 0 Å². The number of nitrogens with zero attached hydrogens (tertiary/aromatic N) is 4. The van der Waals surface area contributed by atoms with Gasteiger partial charge in [0, 0.05) is 19.7 Å².